The van der Waals surface area contributed by atoms with Crippen LogP contribution in [-0.4, -0.2) is 62.9 Å². The minimum atomic E-state index is -0.121. The molecule has 6 nitrogen and oxygen atoms in total. The number of amides is 1. The lowest BCUT2D eigenvalue weighted by Crippen LogP contribution is -2.43. The quantitative estimate of drug-likeness (QED) is 0.786. The lowest BCUT2D eigenvalue weighted by Gasteiger charge is -2.19. The number of rotatable bonds is 8. The molecule has 1 aliphatic heterocycles. The summed E-state index contributed by atoms with van der Waals surface area (Å²) in [5.41, 5.74) is 0.562. The van der Waals surface area contributed by atoms with Gasteiger partial charge in [0, 0.05) is 25.8 Å². The van der Waals surface area contributed by atoms with Crippen molar-refractivity contribution in [2.75, 3.05) is 40.0 Å². The Labute approximate surface area is 144 Å². The maximum absolute atomic E-state index is 12.6. The first-order valence-electron chi connectivity index (χ1n) is 8.58. The molecule has 134 valence electrons. The third kappa shape index (κ3) is 4.39. The van der Waals surface area contributed by atoms with Crippen molar-refractivity contribution in [2.45, 2.75) is 32.9 Å². The maximum atomic E-state index is 12.6. The van der Waals surface area contributed by atoms with Crippen LogP contribution in [0.5, 0.6) is 11.5 Å². The zero-order chi connectivity index (χ0) is 17.5. The van der Waals surface area contributed by atoms with Crippen LogP contribution in [0.15, 0.2) is 18.2 Å². The van der Waals surface area contributed by atoms with Crippen molar-refractivity contribution in [2.24, 2.45) is 0 Å². The zero-order valence-electron chi connectivity index (χ0n) is 15.0. The largest absolute Gasteiger partial charge is 0.490 e. The van der Waals surface area contributed by atoms with Gasteiger partial charge in [-0.2, -0.15) is 0 Å². The number of likely N-dealkylation sites (N-methyl/N-ethyl adjacent to an activating group) is 1. The standard InChI is InChI=1S/C18H28N2O4/c1-5-20-11-14(17(12-20)22-4)19-18(21)13-8-9-15(23-6-2)16(10-13)24-7-3/h8-10,14,17H,5-7,11-12H2,1-4H3,(H,19,21)/t14-,17-/m0/s1. The summed E-state index contributed by atoms with van der Waals surface area (Å²) >= 11 is 0. The number of carbonyl (C=O) groups is 1. The molecule has 1 aromatic carbocycles. The predicted octanol–water partition coefficient (Wildman–Crippen LogP) is 1.93. The molecular weight excluding hydrogens is 308 g/mol. The van der Waals surface area contributed by atoms with Gasteiger partial charge in [0.1, 0.15) is 0 Å². The molecule has 1 heterocycles. The fraction of sp³-hybridized carbons (Fsp3) is 0.611. The maximum Gasteiger partial charge on any atom is 0.251 e. The number of likely N-dealkylation sites (tertiary alicyclic amines) is 1. The Morgan fingerprint density at radius 1 is 1.17 bits per heavy atom. The third-order valence-corrected chi connectivity index (χ3v) is 4.21. The van der Waals surface area contributed by atoms with Crippen LogP contribution >= 0.6 is 0 Å². The van der Waals surface area contributed by atoms with E-state index < -0.39 is 0 Å². The van der Waals surface area contributed by atoms with Crippen molar-refractivity contribution in [1.29, 1.82) is 0 Å². The fourth-order valence-electron chi connectivity index (χ4n) is 2.93. The molecule has 2 rings (SSSR count). The second kappa shape index (κ2) is 8.89. The first-order chi connectivity index (χ1) is 11.6. The average molecular weight is 336 g/mol. The number of hydrogen-bond donors (Lipinski definition) is 1. The number of hydrogen-bond acceptors (Lipinski definition) is 5. The molecule has 1 saturated heterocycles. The van der Waals surface area contributed by atoms with E-state index in [0.29, 0.717) is 30.3 Å². The minimum absolute atomic E-state index is 0.00966. The monoisotopic (exact) mass is 336 g/mol. The highest BCUT2D eigenvalue weighted by Crippen LogP contribution is 2.28. The number of benzene rings is 1. The first-order valence-corrected chi connectivity index (χ1v) is 8.58. The van der Waals surface area contributed by atoms with Gasteiger partial charge >= 0.3 is 0 Å². The van der Waals surface area contributed by atoms with Crippen LogP contribution in [0, 0.1) is 0 Å². The lowest BCUT2D eigenvalue weighted by atomic mass is 10.1. The fourth-order valence-corrected chi connectivity index (χ4v) is 2.93. The Morgan fingerprint density at radius 2 is 1.88 bits per heavy atom. The van der Waals surface area contributed by atoms with Gasteiger partial charge < -0.3 is 19.5 Å². The Bertz CT molecular complexity index is 550. The Balaban J connectivity index is 2.10. The molecule has 1 fully saturated rings. The number of nitrogens with one attached hydrogen (secondary N) is 1. The summed E-state index contributed by atoms with van der Waals surface area (Å²) in [5, 5.41) is 3.08. The number of ether oxygens (including phenoxy) is 3. The van der Waals surface area contributed by atoms with Gasteiger partial charge in [-0.3, -0.25) is 9.69 Å². The van der Waals surface area contributed by atoms with Crippen LogP contribution in [0.1, 0.15) is 31.1 Å². The third-order valence-electron chi connectivity index (χ3n) is 4.21. The van der Waals surface area contributed by atoms with Crippen LogP contribution in [-0.2, 0) is 4.74 Å². The Kier molecular flexibility index (Phi) is 6.87. The summed E-state index contributed by atoms with van der Waals surface area (Å²) in [6, 6.07) is 5.27. The summed E-state index contributed by atoms with van der Waals surface area (Å²) in [6.45, 7) is 9.59. The van der Waals surface area contributed by atoms with E-state index in [2.05, 4.69) is 17.1 Å². The molecule has 0 bridgehead atoms. The van der Waals surface area contributed by atoms with Crippen molar-refractivity contribution >= 4 is 5.91 Å². The van der Waals surface area contributed by atoms with E-state index in [9.17, 15) is 4.79 Å². The normalized spacial score (nSPS) is 20.8. The highest BCUT2D eigenvalue weighted by Gasteiger charge is 2.33. The average Bonchev–Trinajstić information content (AvgIpc) is 2.98. The predicted molar refractivity (Wildman–Crippen MR) is 92.9 cm³/mol. The molecule has 0 unspecified atom stereocenters. The highest BCUT2D eigenvalue weighted by molar-refractivity contribution is 5.95. The van der Waals surface area contributed by atoms with E-state index in [-0.39, 0.29) is 18.1 Å². The minimum Gasteiger partial charge on any atom is -0.490 e. The van der Waals surface area contributed by atoms with Crippen molar-refractivity contribution in [3.63, 3.8) is 0 Å². The summed E-state index contributed by atoms with van der Waals surface area (Å²) in [6.07, 6.45) is 0.0166. The van der Waals surface area contributed by atoms with Gasteiger partial charge in [-0.25, -0.2) is 0 Å². The molecule has 0 aromatic heterocycles. The van der Waals surface area contributed by atoms with Gasteiger partial charge in [-0.15, -0.1) is 0 Å². The van der Waals surface area contributed by atoms with Crippen molar-refractivity contribution in [3.05, 3.63) is 23.8 Å². The second-order valence-corrected chi connectivity index (χ2v) is 5.73. The molecule has 1 amide bonds. The topological polar surface area (TPSA) is 60.0 Å². The summed E-state index contributed by atoms with van der Waals surface area (Å²) in [4.78, 5) is 14.9. The molecule has 0 radical (unpaired) electrons. The van der Waals surface area contributed by atoms with Crippen LogP contribution in [0.3, 0.4) is 0 Å². The van der Waals surface area contributed by atoms with E-state index in [1.54, 1.807) is 25.3 Å². The lowest BCUT2D eigenvalue weighted by molar-refractivity contribution is 0.0762. The molecule has 6 heteroatoms. The second-order valence-electron chi connectivity index (χ2n) is 5.73. The Morgan fingerprint density at radius 3 is 2.50 bits per heavy atom. The highest BCUT2D eigenvalue weighted by atomic mass is 16.5. The molecule has 1 aromatic rings. The van der Waals surface area contributed by atoms with Crippen LogP contribution in [0.2, 0.25) is 0 Å². The van der Waals surface area contributed by atoms with Gasteiger partial charge in [-0.05, 0) is 38.6 Å². The molecule has 24 heavy (non-hydrogen) atoms. The van der Waals surface area contributed by atoms with Crippen molar-refractivity contribution < 1.29 is 19.0 Å². The van der Waals surface area contributed by atoms with Gasteiger partial charge in [0.2, 0.25) is 0 Å². The Hall–Kier alpha value is -1.79. The molecule has 2 atom stereocenters. The van der Waals surface area contributed by atoms with Crippen molar-refractivity contribution in [1.82, 2.24) is 10.2 Å². The SMILES string of the molecule is CCOc1ccc(C(=O)N[C@H]2CN(CC)C[C@@H]2OC)cc1OCC. The van der Waals surface area contributed by atoms with Crippen molar-refractivity contribution in [3.8, 4) is 11.5 Å². The van der Waals surface area contributed by atoms with Crippen LogP contribution in [0.4, 0.5) is 0 Å². The van der Waals surface area contributed by atoms with E-state index in [0.717, 1.165) is 19.6 Å². The number of nitrogens with zero attached hydrogens (tertiary/aromatic N) is 1. The molecule has 0 aliphatic carbocycles. The smallest absolute Gasteiger partial charge is 0.251 e. The van der Waals surface area contributed by atoms with Gasteiger partial charge in [0.25, 0.3) is 5.91 Å². The van der Waals surface area contributed by atoms with E-state index in [4.69, 9.17) is 14.2 Å². The molecule has 0 saturated carbocycles. The zero-order valence-corrected chi connectivity index (χ0v) is 15.0. The van der Waals surface area contributed by atoms with E-state index in [1.165, 1.54) is 0 Å². The van der Waals surface area contributed by atoms with Gasteiger partial charge in [0.15, 0.2) is 11.5 Å². The van der Waals surface area contributed by atoms with Gasteiger partial charge in [-0.1, -0.05) is 6.92 Å². The van der Waals surface area contributed by atoms with Gasteiger partial charge in [0.05, 0.1) is 25.4 Å². The number of methoxy groups -OCH3 is 1. The molecule has 1 aliphatic rings. The summed E-state index contributed by atoms with van der Waals surface area (Å²) in [5.74, 6) is 1.13. The summed E-state index contributed by atoms with van der Waals surface area (Å²) < 4.78 is 16.6. The molecule has 1 N–H and O–H groups in total. The molecular formula is C18H28N2O4. The first kappa shape index (κ1) is 18.5. The molecule has 0 spiro atoms. The van der Waals surface area contributed by atoms with Crippen LogP contribution < -0.4 is 14.8 Å². The number of carbonyl (C=O) groups excluding carboxylic acids is 1. The van der Waals surface area contributed by atoms with E-state index >= 15 is 0 Å². The van der Waals surface area contributed by atoms with Crippen LogP contribution in [0.25, 0.3) is 0 Å². The summed E-state index contributed by atoms with van der Waals surface area (Å²) in [7, 11) is 1.69. The van der Waals surface area contributed by atoms with E-state index in [1.807, 2.05) is 13.8 Å².